The predicted molar refractivity (Wildman–Crippen MR) is 106 cm³/mol. The molecule has 0 radical (unpaired) electrons. The molecule has 3 rings (SSSR count). The number of esters is 1. The summed E-state index contributed by atoms with van der Waals surface area (Å²) in [5, 5.41) is 7.08. The summed E-state index contributed by atoms with van der Waals surface area (Å²) in [5.41, 5.74) is 3.27. The number of anilines is 1. The topological polar surface area (TPSA) is 83.2 Å². The second kappa shape index (κ2) is 8.89. The van der Waals surface area contributed by atoms with Gasteiger partial charge in [0.2, 0.25) is 5.91 Å². The van der Waals surface area contributed by atoms with Crippen LogP contribution in [0.4, 0.5) is 5.69 Å². The summed E-state index contributed by atoms with van der Waals surface area (Å²) in [5.74, 6) is -0.533. The fourth-order valence-electron chi connectivity index (χ4n) is 2.94. The maximum absolute atomic E-state index is 12.1. The van der Waals surface area contributed by atoms with E-state index in [4.69, 9.17) is 4.74 Å². The number of rotatable bonds is 8. The molecule has 2 aromatic carbocycles. The minimum Gasteiger partial charge on any atom is -0.462 e. The fraction of sp³-hybridized carbons (Fsp3) is 0.238. The standard InChI is InChI=1S/C21H23N3O3/c1-2-27-21(26)17-8-4-6-10-19(17)24-14-20(25)22-12-11-15-13-23-18-9-5-3-7-16(15)18/h3-10,13,23-24H,2,11-12,14H2,1H3,(H,22,25). The lowest BCUT2D eigenvalue weighted by molar-refractivity contribution is -0.119. The Labute approximate surface area is 157 Å². The largest absolute Gasteiger partial charge is 0.462 e. The SMILES string of the molecule is CCOC(=O)c1ccccc1NCC(=O)NCCc1c[nH]c2ccccc12. The molecule has 3 aromatic rings. The van der Waals surface area contributed by atoms with Crippen molar-refractivity contribution >= 4 is 28.5 Å². The molecule has 0 unspecified atom stereocenters. The molecule has 3 N–H and O–H groups in total. The van der Waals surface area contributed by atoms with Crippen molar-refractivity contribution < 1.29 is 14.3 Å². The molecule has 0 atom stereocenters. The zero-order valence-electron chi connectivity index (χ0n) is 15.2. The van der Waals surface area contributed by atoms with Crippen LogP contribution in [-0.4, -0.2) is 36.6 Å². The Kier molecular flexibility index (Phi) is 6.10. The lowest BCUT2D eigenvalue weighted by atomic mass is 10.1. The highest BCUT2D eigenvalue weighted by molar-refractivity contribution is 5.96. The third-order valence-electron chi connectivity index (χ3n) is 4.25. The van der Waals surface area contributed by atoms with Crippen molar-refractivity contribution in [2.24, 2.45) is 0 Å². The Balaban J connectivity index is 1.50. The molecule has 0 spiro atoms. The molecule has 1 amide bonds. The van der Waals surface area contributed by atoms with Crippen LogP contribution >= 0.6 is 0 Å². The van der Waals surface area contributed by atoms with E-state index in [0.717, 1.165) is 11.9 Å². The molecule has 0 aliphatic heterocycles. The van der Waals surface area contributed by atoms with E-state index < -0.39 is 5.97 Å². The maximum Gasteiger partial charge on any atom is 0.340 e. The third-order valence-corrected chi connectivity index (χ3v) is 4.25. The highest BCUT2D eigenvalue weighted by atomic mass is 16.5. The van der Waals surface area contributed by atoms with E-state index in [-0.39, 0.29) is 12.5 Å². The van der Waals surface area contributed by atoms with E-state index in [1.54, 1.807) is 31.2 Å². The molecule has 0 aliphatic rings. The number of benzene rings is 2. The summed E-state index contributed by atoms with van der Waals surface area (Å²) >= 11 is 0. The fourth-order valence-corrected chi connectivity index (χ4v) is 2.94. The van der Waals surface area contributed by atoms with Crippen LogP contribution in [-0.2, 0) is 16.0 Å². The second-order valence-corrected chi connectivity index (χ2v) is 6.08. The van der Waals surface area contributed by atoms with E-state index in [9.17, 15) is 9.59 Å². The number of aromatic nitrogens is 1. The molecule has 6 nitrogen and oxygen atoms in total. The van der Waals surface area contributed by atoms with Gasteiger partial charge >= 0.3 is 5.97 Å². The summed E-state index contributed by atoms with van der Waals surface area (Å²) < 4.78 is 5.03. The normalized spacial score (nSPS) is 10.6. The highest BCUT2D eigenvalue weighted by Crippen LogP contribution is 2.18. The Hall–Kier alpha value is -3.28. The highest BCUT2D eigenvalue weighted by Gasteiger charge is 2.12. The number of carbonyl (C=O) groups is 2. The molecule has 0 bridgehead atoms. The molecule has 1 aromatic heterocycles. The first-order chi connectivity index (χ1) is 13.2. The van der Waals surface area contributed by atoms with E-state index in [1.165, 1.54) is 10.9 Å². The van der Waals surface area contributed by atoms with Gasteiger partial charge in [0.25, 0.3) is 0 Å². The number of nitrogens with one attached hydrogen (secondary N) is 3. The summed E-state index contributed by atoms with van der Waals surface area (Å²) in [6.07, 6.45) is 2.72. The number of para-hydroxylation sites is 2. The first kappa shape index (κ1) is 18.5. The van der Waals surface area contributed by atoms with Crippen molar-refractivity contribution in [2.75, 3.05) is 25.0 Å². The minimum atomic E-state index is -0.402. The summed E-state index contributed by atoms with van der Waals surface area (Å²) in [6.45, 7) is 2.70. The van der Waals surface area contributed by atoms with Gasteiger partial charge in [-0.25, -0.2) is 4.79 Å². The van der Waals surface area contributed by atoms with Crippen molar-refractivity contribution in [3.05, 3.63) is 65.9 Å². The van der Waals surface area contributed by atoms with Gasteiger partial charge in [0.05, 0.1) is 18.7 Å². The molecule has 0 saturated heterocycles. The lowest BCUT2D eigenvalue weighted by Crippen LogP contribution is -2.31. The van der Waals surface area contributed by atoms with Gasteiger partial charge in [0, 0.05) is 29.3 Å². The van der Waals surface area contributed by atoms with Gasteiger partial charge in [-0.15, -0.1) is 0 Å². The lowest BCUT2D eigenvalue weighted by Gasteiger charge is -2.11. The van der Waals surface area contributed by atoms with Gasteiger partial charge in [0.1, 0.15) is 0 Å². The summed E-state index contributed by atoms with van der Waals surface area (Å²) in [4.78, 5) is 27.3. The number of H-pyrrole nitrogens is 1. The molecule has 6 heteroatoms. The molecular formula is C21H23N3O3. The Morgan fingerprint density at radius 1 is 1.07 bits per heavy atom. The number of hydrogen-bond donors (Lipinski definition) is 3. The van der Waals surface area contributed by atoms with Gasteiger partial charge < -0.3 is 20.4 Å². The van der Waals surface area contributed by atoms with Crippen LogP contribution in [0.1, 0.15) is 22.8 Å². The Bertz CT molecular complexity index is 933. The van der Waals surface area contributed by atoms with Crippen molar-refractivity contribution in [1.82, 2.24) is 10.3 Å². The van der Waals surface area contributed by atoms with Gasteiger partial charge in [-0.1, -0.05) is 30.3 Å². The van der Waals surface area contributed by atoms with Crippen LogP contribution in [0.5, 0.6) is 0 Å². The molecule has 0 saturated carbocycles. The van der Waals surface area contributed by atoms with Crippen molar-refractivity contribution in [3.63, 3.8) is 0 Å². The minimum absolute atomic E-state index is 0.0876. The summed E-state index contributed by atoms with van der Waals surface area (Å²) in [7, 11) is 0. The van der Waals surface area contributed by atoms with Crippen LogP contribution in [0.15, 0.2) is 54.7 Å². The zero-order valence-corrected chi connectivity index (χ0v) is 15.2. The Morgan fingerprint density at radius 2 is 1.85 bits per heavy atom. The zero-order chi connectivity index (χ0) is 19.1. The van der Waals surface area contributed by atoms with Crippen molar-refractivity contribution in [3.8, 4) is 0 Å². The van der Waals surface area contributed by atoms with Crippen LogP contribution in [0, 0.1) is 0 Å². The van der Waals surface area contributed by atoms with Crippen LogP contribution in [0.3, 0.4) is 0 Å². The molecule has 27 heavy (non-hydrogen) atoms. The van der Waals surface area contributed by atoms with E-state index in [0.29, 0.717) is 24.4 Å². The first-order valence-electron chi connectivity index (χ1n) is 9.00. The second-order valence-electron chi connectivity index (χ2n) is 6.08. The average molecular weight is 365 g/mol. The first-order valence-corrected chi connectivity index (χ1v) is 9.00. The third kappa shape index (κ3) is 4.67. The van der Waals surface area contributed by atoms with Gasteiger partial charge in [-0.2, -0.15) is 0 Å². The van der Waals surface area contributed by atoms with Gasteiger partial charge in [-0.05, 0) is 37.1 Å². The molecule has 0 fully saturated rings. The predicted octanol–water partition coefficient (Wildman–Crippen LogP) is 3.12. The number of amides is 1. The molecular weight excluding hydrogens is 342 g/mol. The quantitative estimate of drug-likeness (QED) is 0.536. The van der Waals surface area contributed by atoms with Crippen molar-refractivity contribution in [2.45, 2.75) is 13.3 Å². The summed E-state index contributed by atoms with van der Waals surface area (Å²) in [6, 6.07) is 15.1. The van der Waals surface area contributed by atoms with Crippen LogP contribution in [0.2, 0.25) is 0 Å². The van der Waals surface area contributed by atoms with E-state index in [2.05, 4.69) is 21.7 Å². The number of fused-ring (bicyclic) bond motifs is 1. The number of ether oxygens (including phenoxy) is 1. The number of hydrogen-bond acceptors (Lipinski definition) is 4. The number of aromatic amines is 1. The molecule has 140 valence electrons. The molecule has 1 heterocycles. The van der Waals surface area contributed by atoms with E-state index in [1.807, 2.05) is 24.4 Å². The monoisotopic (exact) mass is 365 g/mol. The average Bonchev–Trinajstić information content (AvgIpc) is 3.10. The van der Waals surface area contributed by atoms with Crippen LogP contribution < -0.4 is 10.6 Å². The number of carbonyl (C=O) groups excluding carboxylic acids is 2. The maximum atomic E-state index is 12.1. The van der Waals surface area contributed by atoms with Crippen LogP contribution in [0.25, 0.3) is 10.9 Å². The van der Waals surface area contributed by atoms with Crippen molar-refractivity contribution in [1.29, 1.82) is 0 Å². The smallest absolute Gasteiger partial charge is 0.340 e. The van der Waals surface area contributed by atoms with E-state index >= 15 is 0 Å². The van der Waals surface area contributed by atoms with Gasteiger partial charge in [0.15, 0.2) is 0 Å². The Morgan fingerprint density at radius 3 is 2.70 bits per heavy atom. The molecule has 0 aliphatic carbocycles. The van der Waals surface area contributed by atoms with Gasteiger partial charge in [-0.3, -0.25) is 4.79 Å².